The second-order valence-electron chi connectivity index (χ2n) is 1.50. The minimum Gasteiger partial charge on any atom is -0.790 e. The van der Waals surface area contributed by atoms with Gasteiger partial charge in [-0.25, -0.2) is 0 Å². The topological polar surface area (TPSA) is 185 Å². The number of hydrogen-bond acceptors (Lipinski definition) is 10. The van der Waals surface area contributed by atoms with Crippen molar-refractivity contribution in [3.05, 3.63) is 0 Å². The second kappa shape index (κ2) is 19.8. The van der Waals surface area contributed by atoms with E-state index >= 15 is 0 Å². The van der Waals surface area contributed by atoms with Crippen LogP contribution in [0.2, 0.25) is 0 Å². The molecule has 0 aliphatic heterocycles. The zero-order valence-corrected chi connectivity index (χ0v) is 27.2. The fourth-order valence-electron chi connectivity index (χ4n) is 0.260. The van der Waals surface area contributed by atoms with E-state index in [1.54, 1.807) is 0 Å². The Kier molecular flexibility index (Phi) is 46.9. The van der Waals surface area contributed by atoms with Crippen LogP contribution in [-0.4, -0.2) is 0 Å². The molecule has 19 heavy (non-hydrogen) atoms. The molecule has 19 heteroatoms. The summed E-state index contributed by atoms with van der Waals surface area (Å²) in [6.45, 7) is 0. The first kappa shape index (κ1) is 45.0. The molecule has 0 aromatic heterocycles. The molecule has 0 spiro atoms. The molecule has 0 bridgehead atoms. The fraction of sp³-hybridized carbons (Fsp3) is 0. The number of hydrogen-bond donors (Lipinski definition) is 0. The molecular weight excluding hydrogens is 407 g/mol. The van der Waals surface area contributed by atoms with Crippen LogP contribution in [0.15, 0.2) is 0 Å². The molecule has 0 atom stereocenters. The molecule has 0 amide bonds. The third-order valence-corrected chi connectivity index (χ3v) is 3.60. The smallest absolute Gasteiger partial charge is 0.790 e. The minimum atomic E-state index is -5.97. The van der Waals surface area contributed by atoms with Crippen LogP contribution < -0.4 is 224 Å². The molecule has 0 aromatic carbocycles. The summed E-state index contributed by atoms with van der Waals surface area (Å²) in [4.78, 5) is 48.6. The third kappa shape index (κ3) is 36.7. The molecule has 0 unspecified atom stereocenters. The van der Waals surface area contributed by atoms with Crippen molar-refractivity contribution in [3.63, 3.8) is 0 Å². The van der Waals surface area contributed by atoms with E-state index in [0.717, 1.165) is 0 Å². The Labute approximate surface area is 262 Å². The van der Waals surface area contributed by atoms with E-state index in [1.165, 1.54) is 0 Å². The molecule has 0 aromatic rings. The van der Waals surface area contributed by atoms with E-state index in [4.69, 9.17) is 0 Å². The molecule has 0 saturated heterocycles. The van der Waals surface area contributed by atoms with Crippen LogP contribution in [-0.2, 0) is 22.3 Å². The number of phosphoric acid groups is 3. The van der Waals surface area contributed by atoms with E-state index in [0.29, 0.717) is 0 Å². The van der Waals surface area contributed by atoms with Crippen LogP contribution in [0.5, 0.6) is 0 Å². The Morgan fingerprint density at radius 2 is 0.737 bits per heavy atom. The van der Waals surface area contributed by atoms with Crippen molar-refractivity contribution in [1.29, 1.82) is 0 Å². The van der Waals surface area contributed by atoms with Crippen molar-refractivity contribution in [2.24, 2.45) is 0 Å². The van der Waals surface area contributed by atoms with Crippen molar-refractivity contribution in [1.82, 2.24) is 0 Å². The summed E-state index contributed by atoms with van der Waals surface area (Å²) in [5.74, 6) is 0. The second-order valence-corrected chi connectivity index (χ2v) is 5.49. The summed E-state index contributed by atoms with van der Waals surface area (Å²) < 4.78 is 34.7. The van der Waals surface area contributed by atoms with Gasteiger partial charge in [-0.2, -0.15) is 0 Å². The van der Waals surface area contributed by atoms with Gasteiger partial charge in [-0.1, -0.05) is 0 Å². The average molecular weight is 407 g/mol. The number of rotatable bonds is 4. The van der Waals surface area contributed by atoms with Crippen molar-refractivity contribution in [2.75, 3.05) is 0 Å². The Morgan fingerprint density at radius 3 is 0.842 bits per heavy atom. The van der Waals surface area contributed by atoms with Crippen LogP contribution >= 0.6 is 23.5 Å². The molecule has 0 heterocycles. The summed E-state index contributed by atoms with van der Waals surface area (Å²) in [7, 11) is -17.9. The van der Waals surface area contributed by atoms with Gasteiger partial charge in [-0.3, -0.25) is 13.2 Å². The summed E-state index contributed by atoms with van der Waals surface area (Å²) in [6.07, 6.45) is 0. The average Bonchev–Trinajstić information content (AvgIpc) is 1.43. The maximum Gasteiger partial charge on any atom is 1.00 e. The summed E-state index contributed by atoms with van der Waals surface area (Å²) in [5, 5.41) is 0. The van der Waals surface area contributed by atoms with Crippen molar-refractivity contribution in [2.45, 2.75) is 0 Å². The summed E-state index contributed by atoms with van der Waals surface area (Å²) in [5.41, 5.74) is 0. The predicted octanol–water partition coefficient (Wildman–Crippen LogP) is -21.8. The quantitative estimate of drug-likeness (QED) is 0.320. The Balaban J connectivity index is -0.0000000480. The van der Waals surface area contributed by atoms with Crippen LogP contribution in [0.4, 0.5) is 0 Å². The first-order valence-corrected chi connectivity index (χ1v) is 6.57. The molecule has 0 rings (SSSR count). The van der Waals surface area contributed by atoms with Crippen molar-refractivity contribution in [3.8, 4) is 0 Å². The zero-order chi connectivity index (χ0) is 10.9. The van der Waals surface area contributed by atoms with Crippen LogP contribution in [0.1, 0.15) is 0 Å². The Morgan fingerprint density at radius 1 is 0.579 bits per heavy atom. The predicted molar refractivity (Wildman–Crippen MR) is 25.0 cm³/mol. The largest absolute Gasteiger partial charge is 1.00 e. The zero-order valence-electron chi connectivity index (χ0n) is 11.4. The van der Waals surface area contributed by atoms with E-state index in [9.17, 15) is 38.2 Å². The third-order valence-electron chi connectivity index (χ3n) is 0.400. The van der Waals surface area contributed by atoms with Gasteiger partial charge >= 0.3 is 199 Å². The molecular formula is KNa5O10P3+. The molecule has 80 valence electrons. The Hall–Kier alpha value is 7.05. The van der Waals surface area contributed by atoms with E-state index in [1.807, 2.05) is 0 Å². The first-order chi connectivity index (χ1) is 5.41. The van der Waals surface area contributed by atoms with Crippen LogP contribution in [0.25, 0.3) is 0 Å². The molecule has 0 radical (unpaired) electrons. The van der Waals surface area contributed by atoms with E-state index in [-0.39, 0.29) is 199 Å². The fourth-order valence-corrected chi connectivity index (χ4v) is 2.61. The van der Waals surface area contributed by atoms with E-state index < -0.39 is 23.5 Å². The first-order valence-electron chi connectivity index (χ1n) is 2.19. The van der Waals surface area contributed by atoms with Gasteiger partial charge in [0.05, 0.1) is 15.6 Å². The van der Waals surface area contributed by atoms with Crippen LogP contribution in [0, 0.1) is 0 Å². The standard InChI is InChI=1S/K.5Na.H5O10P3/c;;;;;;1-11(2,3)9-13(7,8)10-12(4,5)6/h;;;;;;(H,7,8)(H2,1,2,3)(H2,4,5,6)/q6*+1;/p-5. The molecule has 0 aliphatic rings. The van der Waals surface area contributed by atoms with Gasteiger partial charge in [0.2, 0.25) is 0 Å². The summed E-state index contributed by atoms with van der Waals surface area (Å²) in [6, 6.07) is 0. The van der Waals surface area contributed by atoms with Gasteiger partial charge in [0.15, 0.2) is 0 Å². The molecule has 0 saturated carbocycles. The SMILES string of the molecule is O=P([O-])([O-])OP(=O)([O-])OP(=O)([O-])[O-].[K+].[Na+].[Na+].[Na+].[Na+].[Na+]. The van der Waals surface area contributed by atoms with Gasteiger partial charge < -0.3 is 33.6 Å². The molecule has 10 nitrogen and oxygen atoms in total. The maximum atomic E-state index is 10.1. The van der Waals surface area contributed by atoms with Gasteiger partial charge in [0.1, 0.15) is 0 Å². The van der Waals surface area contributed by atoms with Gasteiger partial charge in [-0.15, -0.1) is 0 Å². The van der Waals surface area contributed by atoms with Gasteiger partial charge in [0.25, 0.3) is 7.82 Å². The molecule has 0 fully saturated rings. The molecule has 0 aliphatic carbocycles. The minimum absolute atomic E-state index is 0. The monoisotopic (exact) mass is 407 g/mol. The van der Waals surface area contributed by atoms with Gasteiger partial charge in [0, 0.05) is 0 Å². The Bertz CT molecular complexity index is 293. The molecule has 0 N–H and O–H groups in total. The van der Waals surface area contributed by atoms with Crippen molar-refractivity contribution < 1.29 is 246 Å². The summed E-state index contributed by atoms with van der Waals surface area (Å²) >= 11 is 0. The van der Waals surface area contributed by atoms with Gasteiger partial charge in [-0.05, 0) is 0 Å². The van der Waals surface area contributed by atoms with E-state index in [2.05, 4.69) is 8.62 Å². The maximum absolute atomic E-state index is 10.1. The normalized spacial score (nSPS) is 9.95. The van der Waals surface area contributed by atoms with Crippen molar-refractivity contribution >= 4 is 23.5 Å². The van der Waals surface area contributed by atoms with Crippen LogP contribution in [0.3, 0.4) is 0 Å².